The van der Waals surface area contributed by atoms with Crippen molar-refractivity contribution in [1.29, 1.82) is 0 Å². The van der Waals surface area contributed by atoms with Gasteiger partial charge in [0.05, 0.1) is 17.7 Å². The zero-order chi connectivity index (χ0) is 12.3. The first-order valence-electron chi connectivity index (χ1n) is 5.40. The van der Waals surface area contributed by atoms with Crippen molar-refractivity contribution in [3.05, 3.63) is 22.8 Å². The smallest absolute Gasteiger partial charge is 0.244 e. The van der Waals surface area contributed by atoms with E-state index in [9.17, 15) is 4.79 Å². The number of hydrogen-bond acceptors (Lipinski definition) is 4. The number of nitrogens with one attached hydrogen (secondary N) is 1. The van der Waals surface area contributed by atoms with Crippen LogP contribution in [0.2, 0.25) is 0 Å². The molecule has 1 aromatic heterocycles. The molecule has 1 N–H and O–H groups in total. The summed E-state index contributed by atoms with van der Waals surface area (Å²) in [5, 5.41) is 2.65. The van der Waals surface area contributed by atoms with Crippen LogP contribution >= 0.6 is 15.9 Å². The monoisotopic (exact) mass is 299 g/mol. The first-order valence-corrected chi connectivity index (χ1v) is 6.20. The fourth-order valence-electron chi connectivity index (χ4n) is 1.83. The quantitative estimate of drug-likeness (QED) is 0.877. The summed E-state index contributed by atoms with van der Waals surface area (Å²) < 4.78 is 6.24. The van der Waals surface area contributed by atoms with Crippen LogP contribution in [-0.2, 0) is 9.53 Å². The largest absolute Gasteiger partial charge is 0.377 e. The molecule has 0 aliphatic carbocycles. The highest BCUT2D eigenvalue weighted by molar-refractivity contribution is 9.10. The van der Waals surface area contributed by atoms with Crippen LogP contribution in [0.3, 0.4) is 0 Å². The van der Waals surface area contributed by atoms with Gasteiger partial charge in [-0.3, -0.25) is 4.79 Å². The number of halogens is 1. The Morgan fingerprint density at radius 1 is 1.71 bits per heavy atom. The minimum Gasteiger partial charge on any atom is -0.377 e. The van der Waals surface area contributed by atoms with Crippen molar-refractivity contribution in [1.82, 2.24) is 10.3 Å². The molecule has 1 amide bonds. The van der Waals surface area contributed by atoms with Crippen LogP contribution in [-0.4, -0.2) is 43.7 Å². The van der Waals surface area contributed by atoms with E-state index in [-0.39, 0.29) is 11.9 Å². The van der Waals surface area contributed by atoms with Crippen LogP contribution in [0.4, 0.5) is 5.82 Å². The van der Waals surface area contributed by atoms with Gasteiger partial charge in [0.15, 0.2) is 0 Å². The lowest BCUT2D eigenvalue weighted by atomic mass is 10.2. The van der Waals surface area contributed by atoms with E-state index in [1.807, 2.05) is 17.0 Å². The summed E-state index contributed by atoms with van der Waals surface area (Å²) in [4.78, 5) is 18.1. The zero-order valence-corrected chi connectivity index (χ0v) is 11.1. The number of likely N-dealkylation sites (N-methyl/N-ethyl adjacent to an activating group) is 1. The number of pyridine rings is 1. The van der Waals surface area contributed by atoms with E-state index in [1.54, 1.807) is 13.2 Å². The van der Waals surface area contributed by atoms with E-state index in [0.717, 1.165) is 10.3 Å². The van der Waals surface area contributed by atoms with Gasteiger partial charge in [-0.05, 0) is 28.1 Å². The van der Waals surface area contributed by atoms with Gasteiger partial charge in [0.25, 0.3) is 0 Å². The molecule has 2 heterocycles. The van der Waals surface area contributed by atoms with Crippen molar-refractivity contribution in [3.63, 3.8) is 0 Å². The molecule has 1 atom stereocenters. The highest BCUT2D eigenvalue weighted by Gasteiger charge is 2.30. The van der Waals surface area contributed by atoms with Gasteiger partial charge in [-0.2, -0.15) is 0 Å². The van der Waals surface area contributed by atoms with Crippen LogP contribution in [0.15, 0.2) is 22.8 Å². The molecule has 17 heavy (non-hydrogen) atoms. The molecular formula is C11H14BrN3O2. The maximum atomic E-state index is 11.8. The van der Waals surface area contributed by atoms with Crippen molar-refractivity contribution < 1.29 is 9.53 Å². The van der Waals surface area contributed by atoms with Crippen molar-refractivity contribution in [2.45, 2.75) is 6.04 Å². The Bertz CT molecular complexity index is 413. The van der Waals surface area contributed by atoms with Crippen LogP contribution in [0.5, 0.6) is 0 Å². The van der Waals surface area contributed by atoms with Crippen LogP contribution in [0.25, 0.3) is 0 Å². The summed E-state index contributed by atoms with van der Waals surface area (Å²) in [6, 6.07) is 3.45. The van der Waals surface area contributed by atoms with Crippen molar-refractivity contribution in [2.75, 3.05) is 31.7 Å². The van der Waals surface area contributed by atoms with E-state index >= 15 is 0 Å². The molecule has 1 aliphatic heterocycles. The van der Waals surface area contributed by atoms with E-state index in [4.69, 9.17) is 4.74 Å². The lowest BCUT2D eigenvalue weighted by Crippen LogP contribution is -2.53. The molecule has 6 heteroatoms. The highest BCUT2D eigenvalue weighted by Crippen LogP contribution is 2.26. The molecule has 5 nitrogen and oxygen atoms in total. The number of aromatic nitrogens is 1. The molecule has 0 radical (unpaired) electrons. The average molecular weight is 300 g/mol. The van der Waals surface area contributed by atoms with Gasteiger partial charge >= 0.3 is 0 Å². The Morgan fingerprint density at radius 3 is 3.24 bits per heavy atom. The number of rotatable bonds is 2. The standard InChI is InChI=1S/C11H14BrN3O2/c1-13-11(16)9-7-17-6-5-15(9)10-8(12)3-2-4-14-10/h2-4,9H,5-7H2,1H3,(H,13,16). The van der Waals surface area contributed by atoms with E-state index in [0.29, 0.717) is 19.8 Å². The Morgan fingerprint density at radius 2 is 2.53 bits per heavy atom. The number of ether oxygens (including phenoxy) is 1. The number of morpholine rings is 1. The molecule has 0 bridgehead atoms. The van der Waals surface area contributed by atoms with Crippen molar-refractivity contribution in [3.8, 4) is 0 Å². The maximum absolute atomic E-state index is 11.8. The summed E-state index contributed by atoms with van der Waals surface area (Å²) in [7, 11) is 1.63. The van der Waals surface area contributed by atoms with Crippen LogP contribution in [0.1, 0.15) is 0 Å². The predicted molar refractivity (Wildman–Crippen MR) is 68.0 cm³/mol. The fourth-order valence-corrected chi connectivity index (χ4v) is 2.31. The molecule has 2 rings (SSSR count). The minimum atomic E-state index is -0.319. The summed E-state index contributed by atoms with van der Waals surface area (Å²) in [6.07, 6.45) is 1.72. The lowest BCUT2D eigenvalue weighted by molar-refractivity contribution is -0.124. The second-order valence-corrected chi connectivity index (χ2v) is 4.56. The predicted octanol–water partition coefficient (Wildman–Crippen LogP) is 0.795. The second-order valence-electron chi connectivity index (χ2n) is 3.71. The topological polar surface area (TPSA) is 54.5 Å². The summed E-state index contributed by atoms with van der Waals surface area (Å²) in [5.41, 5.74) is 0. The summed E-state index contributed by atoms with van der Waals surface area (Å²) >= 11 is 3.45. The van der Waals surface area contributed by atoms with Crippen molar-refractivity contribution >= 4 is 27.7 Å². The van der Waals surface area contributed by atoms with Gasteiger partial charge in [0.2, 0.25) is 5.91 Å². The van der Waals surface area contributed by atoms with E-state index < -0.39 is 0 Å². The van der Waals surface area contributed by atoms with Gasteiger partial charge < -0.3 is 15.0 Å². The first-order chi connectivity index (χ1) is 8.24. The third-order valence-corrected chi connectivity index (χ3v) is 3.31. The third-order valence-electron chi connectivity index (χ3n) is 2.69. The number of hydrogen-bond donors (Lipinski definition) is 1. The number of amides is 1. The molecule has 1 aromatic rings. The normalized spacial score (nSPS) is 20.1. The van der Waals surface area contributed by atoms with E-state index in [1.165, 1.54) is 0 Å². The Labute approximate surface area is 108 Å². The highest BCUT2D eigenvalue weighted by atomic mass is 79.9. The number of anilines is 1. The summed E-state index contributed by atoms with van der Waals surface area (Å²) in [5.74, 6) is 0.728. The molecule has 0 spiro atoms. The molecule has 1 aliphatic rings. The van der Waals surface area contributed by atoms with Gasteiger partial charge in [0, 0.05) is 19.8 Å². The number of carbonyl (C=O) groups is 1. The second kappa shape index (κ2) is 5.46. The van der Waals surface area contributed by atoms with Crippen LogP contribution < -0.4 is 10.2 Å². The van der Waals surface area contributed by atoms with Crippen LogP contribution in [0, 0.1) is 0 Å². The number of nitrogens with zero attached hydrogens (tertiary/aromatic N) is 2. The van der Waals surface area contributed by atoms with Gasteiger partial charge in [-0.1, -0.05) is 0 Å². The SMILES string of the molecule is CNC(=O)C1COCCN1c1ncccc1Br. The van der Waals surface area contributed by atoms with Gasteiger partial charge in [-0.25, -0.2) is 4.98 Å². The Hall–Kier alpha value is -1.14. The first kappa shape index (κ1) is 12.3. The summed E-state index contributed by atoms with van der Waals surface area (Å²) in [6.45, 7) is 1.66. The molecule has 1 unspecified atom stereocenters. The fraction of sp³-hybridized carbons (Fsp3) is 0.455. The average Bonchev–Trinajstić information content (AvgIpc) is 2.38. The zero-order valence-electron chi connectivity index (χ0n) is 9.52. The van der Waals surface area contributed by atoms with Gasteiger partial charge in [0.1, 0.15) is 11.9 Å². The number of carbonyl (C=O) groups excluding carboxylic acids is 1. The maximum Gasteiger partial charge on any atom is 0.244 e. The minimum absolute atomic E-state index is 0.0535. The Kier molecular flexibility index (Phi) is 3.96. The van der Waals surface area contributed by atoms with Crippen molar-refractivity contribution in [2.24, 2.45) is 0 Å². The molecule has 0 aromatic carbocycles. The third kappa shape index (κ3) is 2.58. The molecule has 0 saturated carbocycles. The molecule has 92 valence electrons. The molecule has 1 saturated heterocycles. The van der Waals surface area contributed by atoms with Gasteiger partial charge in [-0.15, -0.1) is 0 Å². The lowest BCUT2D eigenvalue weighted by Gasteiger charge is -2.35. The molecule has 1 fully saturated rings. The van der Waals surface area contributed by atoms with E-state index in [2.05, 4.69) is 26.2 Å². The Balaban J connectivity index is 2.28. The molecular weight excluding hydrogens is 286 g/mol.